The minimum absolute atomic E-state index is 0.0771. The van der Waals surface area contributed by atoms with Crippen molar-refractivity contribution >= 4 is 50.2 Å². The van der Waals surface area contributed by atoms with Gasteiger partial charge in [-0.25, -0.2) is 9.97 Å². The van der Waals surface area contributed by atoms with E-state index in [1.807, 2.05) is 0 Å². The normalized spacial score (nSPS) is 17.2. The SMILES string of the molecule is C[C@H]1CCCN(c2nc3ncnc(SCC(=O)Nc4ccccc4C(F)(F)F)c3s2)C1. The molecule has 6 nitrogen and oxygen atoms in total. The third-order valence-corrected chi connectivity index (χ3v) is 7.15. The van der Waals surface area contributed by atoms with Gasteiger partial charge in [-0.1, -0.05) is 42.2 Å². The minimum Gasteiger partial charge on any atom is -0.348 e. The molecule has 1 N–H and O–H groups in total. The summed E-state index contributed by atoms with van der Waals surface area (Å²) in [4.78, 5) is 27.7. The fourth-order valence-corrected chi connectivity index (χ4v) is 5.41. The van der Waals surface area contributed by atoms with Gasteiger partial charge in [0.15, 0.2) is 10.8 Å². The van der Waals surface area contributed by atoms with E-state index in [2.05, 4.69) is 32.1 Å². The second-order valence-electron chi connectivity index (χ2n) is 7.40. The number of thioether (sulfide) groups is 1. The Morgan fingerprint density at radius 1 is 1.32 bits per heavy atom. The molecule has 3 heterocycles. The Morgan fingerprint density at radius 3 is 2.90 bits per heavy atom. The zero-order valence-corrected chi connectivity index (χ0v) is 18.3. The average molecular weight is 468 g/mol. The molecule has 1 aromatic carbocycles. The maximum atomic E-state index is 13.1. The summed E-state index contributed by atoms with van der Waals surface area (Å²) in [6.07, 6.45) is -0.830. The van der Waals surface area contributed by atoms with Crippen molar-refractivity contribution in [3.05, 3.63) is 36.2 Å². The van der Waals surface area contributed by atoms with Crippen molar-refractivity contribution in [2.24, 2.45) is 5.92 Å². The van der Waals surface area contributed by atoms with Crippen LogP contribution in [0.3, 0.4) is 0 Å². The van der Waals surface area contributed by atoms with Gasteiger partial charge in [-0.3, -0.25) is 4.79 Å². The van der Waals surface area contributed by atoms with Crippen LogP contribution in [0.1, 0.15) is 25.3 Å². The molecule has 11 heteroatoms. The third-order valence-electron chi connectivity index (χ3n) is 4.92. The molecule has 3 aromatic rings. The first-order valence-corrected chi connectivity index (χ1v) is 11.6. The van der Waals surface area contributed by atoms with E-state index in [9.17, 15) is 18.0 Å². The van der Waals surface area contributed by atoms with Gasteiger partial charge < -0.3 is 10.2 Å². The van der Waals surface area contributed by atoms with Gasteiger partial charge >= 0.3 is 6.18 Å². The molecule has 1 fully saturated rings. The number of benzene rings is 1. The van der Waals surface area contributed by atoms with Crippen LogP contribution in [0.25, 0.3) is 10.3 Å². The van der Waals surface area contributed by atoms with Crippen LogP contribution in [0.15, 0.2) is 35.6 Å². The van der Waals surface area contributed by atoms with E-state index < -0.39 is 17.6 Å². The molecule has 0 aliphatic carbocycles. The Labute approximate surface area is 185 Å². The maximum absolute atomic E-state index is 13.1. The number of fused-ring (bicyclic) bond motifs is 1. The van der Waals surface area contributed by atoms with Crippen molar-refractivity contribution in [1.29, 1.82) is 0 Å². The van der Waals surface area contributed by atoms with E-state index in [0.717, 1.165) is 47.2 Å². The summed E-state index contributed by atoms with van der Waals surface area (Å²) in [5.41, 5.74) is -0.563. The summed E-state index contributed by atoms with van der Waals surface area (Å²) < 4.78 is 40.1. The van der Waals surface area contributed by atoms with Crippen LogP contribution in [0.2, 0.25) is 0 Å². The fourth-order valence-electron chi connectivity index (χ4n) is 3.48. The van der Waals surface area contributed by atoms with E-state index in [1.54, 1.807) is 0 Å². The van der Waals surface area contributed by atoms with E-state index in [4.69, 9.17) is 0 Å². The molecule has 1 atom stereocenters. The van der Waals surface area contributed by atoms with Crippen LogP contribution in [-0.2, 0) is 11.0 Å². The van der Waals surface area contributed by atoms with Crippen LogP contribution in [-0.4, -0.2) is 39.7 Å². The number of hydrogen-bond acceptors (Lipinski definition) is 7. The Hall–Kier alpha value is -2.40. The second kappa shape index (κ2) is 8.99. The molecular formula is C20H20F3N5OS2. The number of halogens is 3. The first-order valence-electron chi connectivity index (χ1n) is 9.76. The van der Waals surface area contributed by atoms with Crippen molar-refractivity contribution < 1.29 is 18.0 Å². The van der Waals surface area contributed by atoms with Crippen LogP contribution in [0, 0.1) is 5.92 Å². The van der Waals surface area contributed by atoms with Crippen LogP contribution in [0.4, 0.5) is 24.0 Å². The zero-order chi connectivity index (χ0) is 22.0. The van der Waals surface area contributed by atoms with Crippen molar-refractivity contribution in [1.82, 2.24) is 15.0 Å². The number of rotatable bonds is 5. The molecule has 1 aliphatic heterocycles. The average Bonchev–Trinajstić information content (AvgIpc) is 3.17. The van der Waals surface area contributed by atoms with Gasteiger partial charge in [-0.05, 0) is 30.9 Å². The van der Waals surface area contributed by atoms with Gasteiger partial charge in [0.05, 0.1) is 17.0 Å². The molecule has 1 amide bonds. The van der Waals surface area contributed by atoms with E-state index in [1.165, 1.54) is 42.3 Å². The van der Waals surface area contributed by atoms with Crippen molar-refractivity contribution in [2.75, 3.05) is 29.1 Å². The molecule has 1 aliphatic rings. The van der Waals surface area contributed by atoms with Crippen molar-refractivity contribution in [2.45, 2.75) is 31.0 Å². The first kappa shape index (κ1) is 21.8. The fraction of sp³-hybridized carbons (Fsp3) is 0.400. The van der Waals surface area contributed by atoms with E-state index >= 15 is 0 Å². The maximum Gasteiger partial charge on any atom is 0.418 e. The summed E-state index contributed by atoms with van der Waals surface area (Å²) in [7, 11) is 0. The summed E-state index contributed by atoms with van der Waals surface area (Å²) in [5.74, 6) is -0.0150. The van der Waals surface area contributed by atoms with Gasteiger partial charge in [0.1, 0.15) is 16.1 Å². The number of anilines is 2. The van der Waals surface area contributed by atoms with Crippen molar-refractivity contribution in [3.63, 3.8) is 0 Å². The number of carbonyl (C=O) groups is 1. The van der Waals surface area contributed by atoms with Gasteiger partial charge in [0.2, 0.25) is 5.91 Å². The lowest BCUT2D eigenvalue weighted by molar-refractivity contribution is -0.137. The largest absolute Gasteiger partial charge is 0.418 e. The predicted octanol–water partition coefficient (Wildman–Crippen LogP) is 5.07. The van der Waals surface area contributed by atoms with Crippen LogP contribution >= 0.6 is 23.1 Å². The summed E-state index contributed by atoms with van der Waals surface area (Å²) in [6, 6.07) is 4.92. The zero-order valence-electron chi connectivity index (χ0n) is 16.6. The number of thiazole rings is 1. The molecule has 31 heavy (non-hydrogen) atoms. The number of aromatic nitrogens is 3. The first-order chi connectivity index (χ1) is 14.8. The number of nitrogens with one attached hydrogen (secondary N) is 1. The Kier molecular flexibility index (Phi) is 6.33. The highest BCUT2D eigenvalue weighted by atomic mass is 32.2. The highest BCUT2D eigenvalue weighted by molar-refractivity contribution is 8.00. The third kappa shape index (κ3) is 5.09. The monoisotopic (exact) mass is 467 g/mol. The topological polar surface area (TPSA) is 71.0 Å². The molecular weight excluding hydrogens is 447 g/mol. The summed E-state index contributed by atoms with van der Waals surface area (Å²) in [5, 5.41) is 3.83. The number of piperidine rings is 1. The molecule has 4 rings (SSSR count). The van der Waals surface area contributed by atoms with Gasteiger partial charge in [0, 0.05) is 13.1 Å². The number of nitrogens with zero attached hydrogens (tertiary/aromatic N) is 4. The van der Waals surface area contributed by atoms with Crippen LogP contribution in [0.5, 0.6) is 0 Å². The molecule has 0 bridgehead atoms. The Balaban J connectivity index is 1.46. The van der Waals surface area contributed by atoms with Gasteiger partial charge in [-0.15, -0.1) is 0 Å². The quantitative estimate of drug-likeness (QED) is 0.417. The predicted molar refractivity (Wildman–Crippen MR) is 117 cm³/mol. The summed E-state index contributed by atoms with van der Waals surface area (Å²) >= 11 is 2.64. The number of hydrogen-bond donors (Lipinski definition) is 1. The molecule has 0 radical (unpaired) electrons. The molecule has 0 spiro atoms. The molecule has 2 aromatic heterocycles. The highest BCUT2D eigenvalue weighted by Gasteiger charge is 2.33. The van der Waals surface area contributed by atoms with E-state index in [-0.39, 0.29) is 11.4 Å². The Bertz CT molecular complexity index is 1090. The highest BCUT2D eigenvalue weighted by Crippen LogP contribution is 2.36. The molecule has 164 valence electrons. The number of amides is 1. The van der Waals surface area contributed by atoms with Gasteiger partial charge in [-0.2, -0.15) is 18.2 Å². The lowest BCUT2D eigenvalue weighted by Crippen LogP contribution is -2.34. The lowest BCUT2D eigenvalue weighted by atomic mass is 10.0. The minimum atomic E-state index is -4.54. The number of carbonyl (C=O) groups excluding carboxylic acids is 1. The lowest BCUT2D eigenvalue weighted by Gasteiger charge is -2.30. The molecule has 1 saturated heterocycles. The summed E-state index contributed by atoms with van der Waals surface area (Å²) in [6.45, 7) is 4.11. The smallest absolute Gasteiger partial charge is 0.348 e. The van der Waals surface area contributed by atoms with Crippen molar-refractivity contribution in [3.8, 4) is 0 Å². The van der Waals surface area contributed by atoms with Gasteiger partial charge in [0.25, 0.3) is 0 Å². The Morgan fingerprint density at radius 2 is 2.13 bits per heavy atom. The number of alkyl halides is 3. The standard InChI is InChI=1S/C20H20F3N5OS2/c1-12-5-4-8-28(9-12)19-27-17-16(31-19)18(25-11-24-17)30-10-15(29)26-14-7-3-2-6-13(14)20(21,22)23/h2-3,6-7,11-12H,4-5,8-10H2,1H3,(H,26,29)/t12-/m0/s1. The van der Waals surface area contributed by atoms with E-state index in [0.29, 0.717) is 16.6 Å². The van der Waals surface area contributed by atoms with Crippen LogP contribution < -0.4 is 10.2 Å². The molecule has 0 saturated carbocycles. The number of para-hydroxylation sites is 1. The second-order valence-corrected chi connectivity index (χ2v) is 9.34. The molecule has 0 unspecified atom stereocenters.